The summed E-state index contributed by atoms with van der Waals surface area (Å²) in [4.78, 5) is 24.4. The summed E-state index contributed by atoms with van der Waals surface area (Å²) in [5, 5.41) is 12.5. The number of aliphatic hydroxyl groups is 1. The van der Waals surface area contributed by atoms with E-state index in [0.717, 1.165) is 25.7 Å². The van der Waals surface area contributed by atoms with Gasteiger partial charge < -0.3 is 15.2 Å². The summed E-state index contributed by atoms with van der Waals surface area (Å²) in [6.07, 6.45) is 3.82. The van der Waals surface area contributed by atoms with Crippen molar-refractivity contribution in [2.24, 2.45) is 5.92 Å². The highest BCUT2D eigenvalue weighted by Gasteiger charge is 2.31. The Morgan fingerprint density at radius 2 is 2.00 bits per heavy atom. The van der Waals surface area contributed by atoms with Crippen LogP contribution in [-0.4, -0.2) is 34.7 Å². The second-order valence-corrected chi connectivity index (χ2v) is 6.90. The molecule has 0 bridgehead atoms. The lowest BCUT2D eigenvalue weighted by molar-refractivity contribution is -0.159. The van der Waals surface area contributed by atoms with Crippen molar-refractivity contribution in [1.29, 1.82) is 0 Å². The molecule has 1 amide bonds. The molecule has 0 spiro atoms. The first kappa shape index (κ1) is 18.0. The average Bonchev–Trinajstić information content (AvgIpc) is 2.36. The predicted octanol–water partition coefficient (Wildman–Crippen LogP) is 2.16. The molecule has 0 aromatic heterocycles. The van der Waals surface area contributed by atoms with Gasteiger partial charge in [-0.15, -0.1) is 0 Å². The summed E-state index contributed by atoms with van der Waals surface area (Å²) in [5.74, 6) is -0.720. The van der Waals surface area contributed by atoms with Crippen LogP contribution in [0.5, 0.6) is 0 Å². The van der Waals surface area contributed by atoms with E-state index >= 15 is 0 Å². The Kier molecular flexibility index (Phi) is 6.65. The van der Waals surface area contributed by atoms with Gasteiger partial charge in [-0.2, -0.15) is 0 Å². The van der Waals surface area contributed by atoms with Crippen molar-refractivity contribution in [3.8, 4) is 0 Å². The van der Waals surface area contributed by atoms with Gasteiger partial charge in [0.2, 0.25) is 5.91 Å². The van der Waals surface area contributed by atoms with E-state index in [4.69, 9.17) is 4.74 Å². The van der Waals surface area contributed by atoms with Crippen LogP contribution in [0.4, 0.5) is 0 Å². The molecule has 122 valence electrons. The fourth-order valence-electron chi connectivity index (χ4n) is 2.60. The van der Waals surface area contributed by atoms with Crippen molar-refractivity contribution >= 4 is 11.9 Å². The number of amides is 1. The Bertz CT molecular complexity index is 362. The maximum atomic E-state index is 12.3. The third-order valence-corrected chi connectivity index (χ3v) is 3.60. The van der Waals surface area contributed by atoms with Crippen LogP contribution in [0.3, 0.4) is 0 Å². The molecule has 1 fully saturated rings. The van der Waals surface area contributed by atoms with E-state index < -0.39 is 17.7 Å². The van der Waals surface area contributed by atoms with E-state index in [1.807, 2.05) is 27.7 Å². The van der Waals surface area contributed by atoms with E-state index in [0.29, 0.717) is 12.8 Å². The average molecular weight is 299 g/mol. The van der Waals surface area contributed by atoms with Gasteiger partial charge in [0.1, 0.15) is 11.6 Å². The first-order chi connectivity index (χ1) is 9.73. The van der Waals surface area contributed by atoms with Gasteiger partial charge in [0.05, 0.1) is 6.10 Å². The fourth-order valence-corrected chi connectivity index (χ4v) is 2.60. The van der Waals surface area contributed by atoms with Crippen LogP contribution in [0.25, 0.3) is 0 Å². The number of aliphatic hydroxyl groups excluding tert-OH is 1. The minimum Gasteiger partial charge on any atom is -0.458 e. The van der Waals surface area contributed by atoms with Crippen molar-refractivity contribution in [1.82, 2.24) is 5.32 Å². The lowest BCUT2D eigenvalue weighted by Crippen LogP contribution is -2.47. The van der Waals surface area contributed by atoms with Crippen LogP contribution in [0.2, 0.25) is 0 Å². The summed E-state index contributed by atoms with van der Waals surface area (Å²) in [6.45, 7) is 7.40. The molecule has 3 atom stereocenters. The molecule has 3 unspecified atom stereocenters. The summed E-state index contributed by atoms with van der Waals surface area (Å²) in [5.41, 5.74) is -0.561. The third-order valence-electron chi connectivity index (χ3n) is 3.60. The Morgan fingerprint density at radius 3 is 2.52 bits per heavy atom. The molecule has 1 rings (SSSR count). The highest BCUT2D eigenvalue weighted by molar-refractivity contribution is 5.86. The van der Waals surface area contributed by atoms with Crippen LogP contribution in [0, 0.1) is 5.92 Å². The van der Waals surface area contributed by atoms with Crippen LogP contribution in [0.1, 0.15) is 66.2 Å². The topological polar surface area (TPSA) is 75.6 Å². The number of hydrogen-bond acceptors (Lipinski definition) is 4. The summed E-state index contributed by atoms with van der Waals surface area (Å²) < 4.78 is 5.36. The molecule has 0 aliphatic heterocycles. The zero-order chi connectivity index (χ0) is 16.0. The number of ether oxygens (including phenoxy) is 1. The lowest BCUT2D eigenvalue weighted by Gasteiger charge is -2.28. The first-order valence-electron chi connectivity index (χ1n) is 7.94. The van der Waals surface area contributed by atoms with Gasteiger partial charge in [0, 0.05) is 5.92 Å². The second kappa shape index (κ2) is 7.78. The van der Waals surface area contributed by atoms with Crippen LogP contribution >= 0.6 is 0 Å². The highest BCUT2D eigenvalue weighted by atomic mass is 16.6. The van der Waals surface area contributed by atoms with Crippen molar-refractivity contribution < 1.29 is 19.4 Å². The molecular formula is C16H29NO4. The number of carbonyl (C=O) groups excluding carboxylic acids is 2. The molecule has 1 saturated carbocycles. The largest absolute Gasteiger partial charge is 0.458 e. The maximum Gasteiger partial charge on any atom is 0.329 e. The Labute approximate surface area is 127 Å². The Balaban J connectivity index is 2.60. The van der Waals surface area contributed by atoms with Crippen LogP contribution < -0.4 is 5.32 Å². The zero-order valence-electron chi connectivity index (χ0n) is 13.6. The zero-order valence-corrected chi connectivity index (χ0v) is 13.6. The summed E-state index contributed by atoms with van der Waals surface area (Å²) in [6, 6.07) is -0.596. The Morgan fingerprint density at radius 1 is 1.33 bits per heavy atom. The van der Waals surface area contributed by atoms with E-state index in [9.17, 15) is 14.7 Å². The van der Waals surface area contributed by atoms with Gasteiger partial charge in [-0.25, -0.2) is 4.79 Å². The van der Waals surface area contributed by atoms with Crippen molar-refractivity contribution in [2.45, 2.75) is 84.0 Å². The van der Waals surface area contributed by atoms with E-state index in [-0.39, 0.29) is 17.8 Å². The molecule has 0 aromatic rings. The van der Waals surface area contributed by atoms with Crippen molar-refractivity contribution in [2.75, 3.05) is 0 Å². The van der Waals surface area contributed by atoms with Gasteiger partial charge in [-0.3, -0.25) is 4.79 Å². The highest BCUT2D eigenvalue weighted by Crippen LogP contribution is 2.24. The van der Waals surface area contributed by atoms with Crippen LogP contribution in [-0.2, 0) is 14.3 Å². The quantitative estimate of drug-likeness (QED) is 0.763. The number of esters is 1. The number of carbonyl (C=O) groups is 2. The van der Waals surface area contributed by atoms with Crippen molar-refractivity contribution in [3.05, 3.63) is 0 Å². The van der Waals surface area contributed by atoms with E-state index in [2.05, 4.69) is 5.32 Å². The van der Waals surface area contributed by atoms with Gasteiger partial charge in [-0.1, -0.05) is 19.8 Å². The number of nitrogens with one attached hydrogen (secondary N) is 1. The van der Waals surface area contributed by atoms with Crippen molar-refractivity contribution in [3.63, 3.8) is 0 Å². The maximum absolute atomic E-state index is 12.3. The van der Waals surface area contributed by atoms with Crippen LogP contribution in [0.15, 0.2) is 0 Å². The monoisotopic (exact) mass is 299 g/mol. The molecule has 2 N–H and O–H groups in total. The predicted molar refractivity (Wildman–Crippen MR) is 80.6 cm³/mol. The molecular weight excluding hydrogens is 270 g/mol. The van der Waals surface area contributed by atoms with Gasteiger partial charge >= 0.3 is 5.97 Å². The first-order valence-corrected chi connectivity index (χ1v) is 7.94. The summed E-state index contributed by atoms with van der Waals surface area (Å²) >= 11 is 0. The molecule has 0 saturated heterocycles. The normalized spacial score (nSPS) is 24.2. The molecule has 0 heterocycles. The molecule has 5 heteroatoms. The molecule has 5 nitrogen and oxygen atoms in total. The van der Waals surface area contributed by atoms with Gasteiger partial charge in [0.25, 0.3) is 0 Å². The molecule has 21 heavy (non-hydrogen) atoms. The second-order valence-electron chi connectivity index (χ2n) is 6.90. The number of hydrogen-bond donors (Lipinski definition) is 2. The molecule has 1 aliphatic rings. The van der Waals surface area contributed by atoms with Gasteiger partial charge in [0.15, 0.2) is 0 Å². The number of rotatable bonds is 5. The standard InChI is InChI=1S/C16H29NO4/c1-5-7-13(15(20)21-16(2,3)4)17-14(19)11-8-6-9-12(18)10-11/h11-13,18H,5-10H2,1-4H3,(H,17,19). The summed E-state index contributed by atoms with van der Waals surface area (Å²) in [7, 11) is 0. The molecule has 0 radical (unpaired) electrons. The minimum atomic E-state index is -0.596. The van der Waals surface area contributed by atoms with Gasteiger partial charge in [-0.05, 0) is 46.5 Å². The lowest BCUT2D eigenvalue weighted by atomic mass is 9.86. The molecule has 1 aliphatic carbocycles. The Hall–Kier alpha value is -1.10. The minimum absolute atomic E-state index is 0.141. The fraction of sp³-hybridized carbons (Fsp3) is 0.875. The third kappa shape index (κ3) is 6.46. The SMILES string of the molecule is CCCC(NC(=O)C1CCCC(O)C1)C(=O)OC(C)(C)C. The molecule has 0 aromatic carbocycles. The van der Waals surface area contributed by atoms with E-state index in [1.54, 1.807) is 0 Å². The van der Waals surface area contributed by atoms with E-state index in [1.165, 1.54) is 0 Å². The smallest absolute Gasteiger partial charge is 0.329 e.